The monoisotopic (exact) mass is 425 g/mol. The molecule has 1 saturated heterocycles. The molecule has 0 radical (unpaired) electrons. The van der Waals surface area contributed by atoms with Crippen LogP contribution >= 0.6 is 0 Å². The van der Waals surface area contributed by atoms with Crippen molar-refractivity contribution in [2.45, 2.75) is 13.3 Å². The van der Waals surface area contributed by atoms with E-state index in [0.29, 0.717) is 37.4 Å². The Morgan fingerprint density at radius 2 is 1.31 bits per heavy atom. The lowest BCUT2D eigenvalue weighted by Crippen LogP contribution is -2.40. The van der Waals surface area contributed by atoms with Gasteiger partial charge in [0.2, 0.25) is 5.91 Å². The van der Waals surface area contributed by atoms with Gasteiger partial charge in [-0.2, -0.15) is 0 Å². The Bertz CT molecular complexity index is 1100. The standard InChI is InChI=1S/C28H27NO3/c1-21-12-14-24(15-13-21)28(31)27(23-10-6-3-7-11-23)25(22-8-4-2-5-9-22)20-26(30)29-16-18-32-19-17-29/h2-15H,16-20H2,1H3/b27-25+. The summed E-state index contributed by atoms with van der Waals surface area (Å²) < 4.78 is 5.40. The third kappa shape index (κ3) is 5.04. The molecule has 0 saturated carbocycles. The molecule has 0 bridgehead atoms. The van der Waals surface area contributed by atoms with Gasteiger partial charge in [0.1, 0.15) is 0 Å². The van der Waals surface area contributed by atoms with Crippen molar-refractivity contribution in [1.82, 2.24) is 4.90 Å². The molecule has 1 heterocycles. The maximum Gasteiger partial charge on any atom is 0.227 e. The van der Waals surface area contributed by atoms with E-state index in [1.807, 2.05) is 96.8 Å². The van der Waals surface area contributed by atoms with E-state index in [0.717, 1.165) is 22.3 Å². The highest BCUT2D eigenvalue weighted by Crippen LogP contribution is 2.32. The first-order chi connectivity index (χ1) is 15.6. The molecule has 0 aliphatic carbocycles. The van der Waals surface area contributed by atoms with Crippen LogP contribution in [0.25, 0.3) is 11.1 Å². The largest absolute Gasteiger partial charge is 0.378 e. The minimum Gasteiger partial charge on any atom is -0.378 e. The van der Waals surface area contributed by atoms with Crippen LogP contribution in [0.15, 0.2) is 84.9 Å². The van der Waals surface area contributed by atoms with Crippen LogP contribution in [0.4, 0.5) is 0 Å². The molecule has 1 amide bonds. The first-order valence-electron chi connectivity index (χ1n) is 10.9. The summed E-state index contributed by atoms with van der Waals surface area (Å²) in [4.78, 5) is 28.9. The van der Waals surface area contributed by atoms with Gasteiger partial charge in [0.15, 0.2) is 5.78 Å². The molecule has 4 rings (SSSR count). The number of rotatable bonds is 6. The summed E-state index contributed by atoms with van der Waals surface area (Å²) in [5.74, 6) is -0.0675. The fraction of sp³-hybridized carbons (Fsp3) is 0.214. The van der Waals surface area contributed by atoms with E-state index in [9.17, 15) is 9.59 Å². The van der Waals surface area contributed by atoms with E-state index in [1.165, 1.54) is 0 Å². The van der Waals surface area contributed by atoms with Crippen molar-refractivity contribution in [3.63, 3.8) is 0 Å². The minimum atomic E-state index is -0.0789. The summed E-state index contributed by atoms with van der Waals surface area (Å²) in [6.45, 7) is 4.24. The van der Waals surface area contributed by atoms with Crippen molar-refractivity contribution in [1.29, 1.82) is 0 Å². The molecule has 3 aromatic carbocycles. The number of ether oxygens (including phenoxy) is 1. The van der Waals surface area contributed by atoms with Gasteiger partial charge in [-0.15, -0.1) is 0 Å². The summed E-state index contributed by atoms with van der Waals surface area (Å²) in [5, 5.41) is 0. The van der Waals surface area contributed by atoms with Crippen molar-refractivity contribution < 1.29 is 14.3 Å². The molecule has 1 fully saturated rings. The number of nitrogens with zero attached hydrogens (tertiary/aromatic N) is 1. The fourth-order valence-corrected chi connectivity index (χ4v) is 3.95. The summed E-state index contributed by atoms with van der Waals surface area (Å²) in [6, 6.07) is 27.0. The zero-order valence-electron chi connectivity index (χ0n) is 18.3. The van der Waals surface area contributed by atoms with Crippen LogP contribution in [0.5, 0.6) is 0 Å². The predicted molar refractivity (Wildman–Crippen MR) is 127 cm³/mol. The third-order valence-corrected chi connectivity index (χ3v) is 5.72. The molecule has 0 N–H and O–H groups in total. The Labute approximate surface area is 189 Å². The Hall–Kier alpha value is -3.50. The summed E-state index contributed by atoms with van der Waals surface area (Å²) in [6.07, 6.45) is 0.159. The maximum atomic E-state index is 13.8. The van der Waals surface area contributed by atoms with Gasteiger partial charge in [-0.25, -0.2) is 0 Å². The SMILES string of the molecule is Cc1ccc(C(=O)/C(=C(\CC(=O)N2CCOCC2)c2ccccc2)c2ccccc2)cc1. The number of hydrogen-bond donors (Lipinski definition) is 0. The lowest BCUT2D eigenvalue weighted by molar-refractivity contribution is -0.134. The van der Waals surface area contributed by atoms with Gasteiger partial charge >= 0.3 is 0 Å². The summed E-state index contributed by atoms with van der Waals surface area (Å²) in [5.41, 5.74) is 4.72. The highest BCUT2D eigenvalue weighted by molar-refractivity contribution is 6.35. The van der Waals surface area contributed by atoms with Crippen LogP contribution in [0, 0.1) is 6.92 Å². The topological polar surface area (TPSA) is 46.6 Å². The van der Waals surface area contributed by atoms with Crippen molar-refractivity contribution in [2.24, 2.45) is 0 Å². The van der Waals surface area contributed by atoms with Gasteiger partial charge in [-0.1, -0.05) is 90.5 Å². The van der Waals surface area contributed by atoms with Crippen molar-refractivity contribution in [3.8, 4) is 0 Å². The number of morpholine rings is 1. The van der Waals surface area contributed by atoms with E-state index >= 15 is 0 Å². The molecule has 0 unspecified atom stereocenters. The smallest absolute Gasteiger partial charge is 0.227 e. The molecule has 0 spiro atoms. The highest BCUT2D eigenvalue weighted by Gasteiger charge is 2.25. The minimum absolute atomic E-state index is 0.0114. The number of Topliss-reactive ketones (excluding diaryl/α,β-unsaturated/α-hetero) is 1. The van der Waals surface area contributed by atoms with Crippen LogP contribution in [0.1, 0.15) is 33.5 Å². The molecule has 4 nitrogen and oxygen atoms in total. The van der Waals surface area contributed by atoms with E-state index in [2.05, 4.69) is 0 Å². The molecular weight excluding hydrogens is 398 g/mol. The number of hydrogen-bond acceptors (Lipinski definition) is 3. The number of aryl methyl sites for hydroxylation is 1. The highest BCUT2D eigenvalue weighted by atomic mass is 16.5. The first-order valence-corrected chi connectivity index (χ1v) is 10.9. The van der Waals surface area contributed by atoms with E-state index < -0.39 is 0 Å². The predicted octanol–water partition coefficient (Wildman–Crippen LogP) is 5.04. The lowest BCUT2D eigenvalue weighted by atomic mass is 9.87. The van der Waals surface area contributed by atoms with Crippen molar-refractivity contribution in [2.75, 3.05) is 26.3 Å². The number of allylic oxidation sites excluding steroid dienone is 1. The van der Waals surface area contributed by atoms with Crippen LogP contribution in [0.3, 0.4) is 0 Å². The van der Waals surface area contributed by atoms with Gasteiger partial charge in [0.25, 0.3) is 0 Å². The van der Waals surface area contributed by atoms with Crippen LogP contribution in [-0.4, -0.2) is 42.9 Å². The molecule has 0 aromatic heterocycles. The van der Waals surface area contributed by atoms with Crippen LogP contribution in [0.2, 0.25) is 0 Å². The molecular formula is C28H27NO3. The van der Waals surface area contributed by atoms with Gasteiger partial charge in [-0.3, -0.25) is 9.59 Å². The zero-order valence-corrected chi connectivity index (χ0v) is 18.3. The number of carbonyl (C=O) groups excluding carboxylic acids is 2. The van der Waals surface area contributed by atoms with E-state index in [4.69, 9.17) is 4.74 Å². The van der Waals surface area contributed by atoms with Crippen molar-refractivity contribution in [3.05, 3.63) is 107 Å². The van der Waals surface area contributed by atoms with E-state index in [1.54, 1.807) is 0 Å². The molecule has 4 heteroatoms. The van der Waals surface area contributed by atoms with Crippen LogP contribution in [-0.2, 0) is 9.53 Å². The van der Waals surface area contributed by atoms with Crippen molar-refractivity contribution >= 4 is 22.8 Å². The maximum absolute atomic E-state index is 13.8. The first kappa shape index (κ1) is 21.7. The van der Waals surface area contributed by atoms with E-state index in [-0.39, 0.29) is 18.1 Å². The Kier molecular flexibility index (Phi) is 6.93. The molecule has 32 heavy (non-hydrogen) atoms. The Morgan fingerprint density at radius 3 is 1.91 bits per heavy atom. The second-order valence-electron chi connectivity index (χ2n) is 7.95. The number of amides is 1. The number of benzene rings is 3. The average molecular weight is 426 g/mol. The second kappa shape index (κ2) is 10.2. The molecule has 0 atom stereocenters. The summed E-state index contributed by atoms with van der Waals surface area (Å²) >= 11 is 0. The van der Waals surface area contributed by atoms with Gasteiger partial charge in [-0.05, 0) is 23.6 Å². The Balaban J connectivity index is 1.85. The quantitative estimate of drug-likeness (QED) is 0.316. The van der Waals surface area contributed by atoms with Gasteiger partial charge in [0.05, 0.1) is 19.6 Å². The number of ketones is 1. The molecule has 1 aliphatic heterocycles. The normalized spacial score (nSPS) is 14.6. The van der Waals surface area contributed by atoms with Crippen LogP contribution < -0.4 is 0 Å². The molecule has 1 aliphatic rings. The molecule has 162 valence electrons. The third-order valence-electron chi connectivity index (χ3n) is 5.72. The average Bonchev–Trinajstić information content (AvgIpc) is 2.85. The number of carbonyl (C=O) groups is 2. The van der Waals surface area contributed by atoms with Gasteiger partial charge in [0, 0.05) is 24.2 Å². The molecule has 3 aromatic rings. The van der Waals surface area contributed by atoms with Gasteiger partial charge < -0.3 is 9.64 Å². The zero-order chi connectivity index (χ0) is 22.3. The lowest BCUT2D eigenvalue weighted by Gasteiger charge is -2.28. The second-order valence-corrected chi connectivity index (χ2v) is 7.95. The summed E-state index contributed by atoms with van der Waals surface area (Å²) in [7, 11) is 0. The fourth-order valence-electron chi connectivity index (χ4n) is 3.95. The Morgan fingerprint density at radius 1 is 0.750 bits per heavy atom.